The molecular weight excluding hydrogens is 406 g/mol. The summed E-state index contributed by atoms with van der Waals surface area (Å²) in [5, 5.41) is 8.76. The van der Waals surface area contributed by atoms with Gasteiger partial charge in [-0.15, -0.1) is 0 Å². The van der Waals surface area contributed by atoms with Crippen LogP contribution in [-0.2, 0) is 0 Å². The van der Waals surface area contributed by atoms with Crippen molar-refractivity contribution in [1.82, 2.24) is 9.78 Å². The summed E-state index contributed by atoms with van der Waals surface area (Å²) < 4.78 is 7.33. The molecule has 0 saturated carbocycles. The van der Waals surface area contributed by atoms with E-state index in [4.69, 9.17) is 9.84 Å². The first-order valence-electron chi connectivity index (χ1n) is 10.9. The Labute approximate surface area is 194 Å². The van der Waals surface area contributed by atoms with Gasteiger partial charge in [-0.2, -0.15) is 5.10 Å². The number of rotatable bonds is 6. The standard InChI is InChI=1S/C29H25N3O/c1-21-13-17-25(18-14-21)32-29(30-24-15-19-26(33-2)20-16-24)27(22-9-5-3-6-10-22)28(31-32)23-11-7-4-8-12-23/h3-20,30H,1-2H3. The molecule has 0 radical (unpaired) electrons. The normalized spacial score (nSPS) is 10.7. The molecule has 0 fully saturated rings. The van der Waals surface area contributed by atoms with Crippen LogP contribution in [0.3, 0.4) is 0 Å². The van der Waals surface area contributed by atoms with Crippen molar-refractivity contribution in [3.8, 4) is 33.8 Å². The van der Waals surface area contributed by atoms with Crippen LogP contribution in [0.25, 0.3) is 28.1 Å². The quantitative estimate of drug-likeness (QED) is 0.307. The first-order chi connectivity index (χ1) is 16.2. The van der Waals surface area contributed by atoms with Gasteiger partial charge in [-0.1, -0.05) is 78.4 Å². The molecular formula is C29H25N3O. The van der Waals surface area contributed by atoms with Gasteiger partial charge in [0.15, 0.2) is 0 Å². The number of methoxy groups -OCH3 is 1. The highest BCUT2D eigenvalue weighted by Crippen LogP contribution is 2.40. The lowest BCUT2D eigenvalue weighted by Crippen LogP contribution is -2.03. The average Bonchev–Trinajstić information content (AvgIpc) is 3.25. The van der Waals surface area contributed by atoms with Crippen LogP contribution in [0, 0.1) is 6.92 Å². The first-order valence-corrected chi connectivity index (χ1v) is 10.9. The van der Waals surface area contributed by atoms with Crippen molar-refractivity contribution in [2.24, 2.45) is 0 Å². The lowest BCUT2D eigenvalue weighted by molar-refractivity contribution is 0.415. The number of hydrogen-bond acceptors (Lipinski definition) is 3. The molecule has 0 spiro atoms. The van der Waals surface area contributed by atoms with Crippen molar-refractivity contribution in [1.29, 1.82) is 0 Å². The van der Waals surface area contributed by atoms with E-state index in [1.807, 2.05) is 53.2 Å². The molecule has 5 rings (SSSR count). The molecule has 4 heteroatoms. The molecule has 33 heavy (non-hydrogen) atoms. The van der Waals surface area contributed by atoms with Crippen LogP contribution in [0.15, 0.2) is 109 Å². The van der Waals surface area contributed by atoms with Crippen molar-refractivity contribution in [3.05, 3.63) is 115 Å². The molecule has 0 atom stereocenters. The van der Waals surface area contributed by atoms with E-state index in [2.05, 4.69) is 72.9 Å². The van der Waals surface area contributed by atoms with Crippen molar-refractivity contribution in [3.63, 3.8) is 0 Å². The molecule has 1 N–H and O–H groups in total. The summed E-state index contributed by atoms with van der Waals surface area (Å²) in [5.41, 5.74) is 7.32. The van der Waals surface area contributed by atoms with Gasteiger partial charge in [-0.25, -0.2) is 4.68 Å². The second kappa shape index (κ2) is 9.05. The fourth-order valence-electron chi connectivity index (χ4n) is 3.89. The van der Waals surface area contributed by atoms with Crippen LogP contribution in [0.5, 0.6) is 5.75 Å². The van der Waals surface area contributed by atoms with E-state index in [1.165, 1.54) is 5.56 Å². The Hall–Kier alpha value is -4.31. The van der Waals surface area contributed by atoms with Crippen LogP contribution in [0.2, 0.25) is 0 Å². The van der Waals surface area contributed by atoms with Gasteiger partial charge in [0, 0.05) is 11.3 Å². The van der Waals surface area contributed by atoms with Crippen molar-refractivity contribution in [2.45, 2.75) is 6.92 Å². The molecule has 0 amide bonds. The second-order valence-electron chi connectivity index (χ2n) is 7.91. The molecule has 0 aliphatic rings. The Morgan fingerprint density at radius 3 is 1.91 bits per heavy atom. The molecule has 0 saturated heterocycles. The minimum atomic E-state index is 0.820. The summed E-state index contributed by atoms with van der Waals surface area (Å²) in [7, 11) is 1.68. The van der Waals surface area contributed by atoms with Crippen LogP contribution >= 0.6 is 0 Å². The van der Waals surface area contributed by atoms with Crippen LogP contribution in [0.1, 0.15) is 5.56 Å². The molecule has 4 nitrogen and oxygen atoms in total. The van der Waals surface area contributed by atoms with Crippen LogP contribution in [0.4, 0.5) is 11.5 Å². The zero-order valence-electron chi connectivity index (χ0n) is 18.7. The van der Waals surface area contributed by atoms with E-state index < -0.39 is 0 Å². The third kappa shape index (κ3) is 4.23. The first kappa shape index (κ1) is 20.6. The molecule has 0 bridgehead atoms. The Kier molecular flexibility index (Phi) is 5.64. The third-order valence-electron chi connectivity index (χ3n) is 5.63. The number of benzene rings is 4. The average molecular weight is 432 g/mol. The topological polar surface area (TPSA) is 39.1 Å². The van der Waals surface area contributed by atoms with Gasteiger partial charge in [0.05, 0.1) is 18.4 Å². The summed E-state index contributed by atoms with van der Waals surface area (Å²) in [6, 6.07) is 37.1. The van der Waals surface area contributed by atoms with Gasteiger partial charge in [-0.3, -0.25) is 0 Å². The third-order valence-corrected chi connectivity index (χ3v) is 5.63. The van der Waals surface area contributed by atoms with Gasteiger partial charge in [0.25, 0.3) is 0 Å². The summed E-state index contributed by atoms with van der Waals surface area (Å²) in [6.45, 7) is 2.09. The Morgan fingerprint density at radius 1 is 0.697 bits per heavy atom. The lowest BCUT2D eigenvalue weighted by atomic mass is 10.0. The SMILES string of the molecule is COc1ccc(Nc2c(-c3ccccc3)c(-c3ccccc3)nn2-c2ccc(C)cc2)cc1. The maximum absolute atomic E-state index is 5.33. The molecule has 0 unspecified atom stereocenters. The van der Waals surface area contributed by atoms with Gasteiger partial charge < -0.3 is 10.1 Å². The number of nitrogens with one attached hydrogen (secondary N) is 1. The Bertz CT molecular complexity index is 1340. The summed E-state index contributed by atoms with van der Waals surface area (Å²) >= 11 is 0. The van der Waals surface area contributed by atoms with Crippen LogP contribution < -0.4 is 10.1 Å². The van der Waals surface area contributed by atoms with E-state index in [1.54, 1.807) is 7.11 Å². The van der Waals surface area contributed by atoms with Gasteiger partial charge in [0.1, 0.15) is 17.3 Å². The van der Waals surface area contributed by atoms with Gasteiger partial charge >= 0.3 is 0 Å². The summed E-state index contributed by atoms with van der Waals surface area (Å²) in [5.74, 6) is 1.73. The lowest BCUT2D eigenvalue weighted by Gasteiger charge is -2.13. The maximum Gasteiger partial charge on any atom is 0.142 e. The maximum atomic E-state index is 5.33. The zero-order valence-corrected chi connectivity index (χ0v) is 18.7. The monoisotopic (exact) mass is 431 g/mol. The van der Waals surface area contributed by atoms with Crippen LogP contribution in [-0.4, -0.2) is 16.9 Å². The Balaban J connectivity index is 1.75. The van der Waals surface area contributed by atoms with Gasteiger partial charge in [0.2, 0.25) is 0 Å². The molecule has 4 aromatic carbocycles. The van der Waals surface area contributed by atoms with E-state index in [9.17, 15) is 0 Å². The molecule has 0 aliphatic heterocycles. The predicted molar refractivity (Wildman–Crippen MR) is 135 cm³/mol. The highest BCUT2D eigenvalue weighted by Gasteiger charge is 2.22. The predicted octanol–water partition coefficient (Wildman–Crippen LogP) is 7.27. The van der Waals surface area contributed by atoms with E-state index in [0.717, 1.165) is 45.3 Å². The van der Waals surface area contributed by atoms with Crippen molar-refractivity contribution < 1.29 is 4.74 Å². The summed E-state index contributed by atoms with van der Waals surface area (Å²) in [6.07, 6.45) is 0. The number of anilines is 2. The highest BCUT2D eigenvalue weighted by molar-refractivity contribution is 5.91. The largest absolute Gasteiger partial charge is 0.497 e. The second-order valence-corrected chi connectivity index (χ2v) is 7.91. The highest BCUT2D eigenvalue weighted by atomic mass is 16.5. The van der Waals surface area contributed by atoms with E-state index in [0.29, 0.717) is 0 Å². The minimum Gasteiger partial charge on any atom is -0.497 e. The fraction of sp³-hybridized carbons (Fsp3) is 0.0690. The summed E-state index contributed by atoms with van der Waals surface area (Å²) in [4.78, 5) is 0. The van der Waals surface area contributed by atoms with Gasteiger partial charge in [-0.05, 0) is 48.9 Å². The molecule has 1 aromatic heterocycles. The number of aromatic nitrogens is 2. The molecule has 0 aliphatic carbocycles. The number of hydrogen-bond donors (Lipinski definition) is 1. The smallest absolute Gasteiger partial charge is 0.142 e. The number of aryl methyl sites for hydroxylation is 1. The van der Waals surface area contributed by atoms with E-state index >= 15 is 0 Å². The molecule has 1 heterocycles. The minimum absolute atomic E-state index is 0.820. The fourth-order valence-corrected chi connectivity index (χ4v) is 3.89. The van der Waals surface area contributed by atoms with Crippen molar-refractivity contribution >= 4 is 11.5 Å². The molecule has 162 valence electrons. The Morgan fingerprint density at radius 2 is 1.30 bits per heavy atom. The van der Waals surface area contributed by atoms with E-state index in [-0.39, 0.29) is 0 Å². The number of nitrogens with zero attached hydrogens (tertiary/aromatic N) is 2. The zero-order chi connectivity index (χ0) is 22.6. The molecule has 5 aromatic rings. The number of ether oxygens (including phenoxy) is 1. The van der Waals surface area contributed by atoms with Crippen molar-refractivity contribution in [2.75, 3.05) is 12.4 Å².